The van der Waals surface area contributed by atoms with E-state index in [0.717, 1.165) is 47.0 Å². The first-order valence-corrected chi connectivity index (χ1v) is 11.7. The number of carbonyl (C=O) groups is 2. The van der Waals surface area contributed by atoms with Gasteiger partial charge in [0.25, 0.3) is 5.91 Å². The average Bonchev–Trinajstić information content (AvgIpc) is 3.14. The fourth-order valence-electron chi connectivity index (χ4n) is 3.84. The van der Waals surface area contributed by atoms with Gasteiger partial charge in [-0.1, -0.05) is 61.2 Å². The molecule has 2 N–H and O–H groups in total. The summed E-state index contributed by atoms with van der Waals surface area (Å²) in [6, 6.07) is 15.1. The van der Waals surface area contributed by atoms with Crippen molar-refractivity contribution in [1.82, 2.24) is 5.43 Å². The van der Waals surface area contributed by atoms with Crippen LogP contribution in [0.5, 0.6) is 0 Å². The molecule has 0 atom stereocenters. The highest BCUT2D eigenvalue weighted by Crippen LogP contribution is 2.35. The van der Waals surface area contributed by atoms with Gasteiger partial charge in [0.15, 0.2) is 0 Å². The molecule has 0 aliphatic heterocycles. The summed E-state index contributed by atoms with van der Waals surface area (Å²) in [6.07, 6.45) is 5.37. The van der Waals surface area contributed by atoms with Crippen LogP contribution in [0.2, 0.25) is 5.02 Å². The molecular formula is C24H24ClN3O2S. The summed E-state index contributed by atoms with van der Waals surface area (Å²) in [7, 11) is 0. The largest absolute Gasteiger partial charge is 0.326 e. The summed E-state index contributed by atoms with van der Waals surface area (Å²) < 4.78 is 0.958. The number of anilines is 1. The molecule has 1 fully saturated rings. The number of halogens is 1. The Kier molecular flexibility index (Phi) is 6.68. The van der Waals surface area contributed by atoms with Gasteiger partial charge in [0.1, 0.15) is 4.88 Å². The molecule has 0 bridgehead atoms. The number of thiophene rings is 1. The van der Waals surface area contributed by atoms with E-state index in [-0.39, 0.29) is 17.7 Å². The highest BCUT2D eigenvalue weighted by Gasteiger charge is 2.21. The highest BCUT2D eigenvalue weighted by atomic mass is 35.5. The normalized spacial score (nSPS) is 15.1. The second-order valence-corrected chi connectivity index (χ2v) is 9.21. The fraction of sp³-hybridized carbons (Fsp3) is 0.292. The number of carbonyl (C=O) groups excluding carboxylic acids is 2. The summed E-state index contributed by atoms with van der Waals surface area (Å²) in [6.45, 7) is 1.81. The summed E-state index contributed by atoms with van der Waals surface area (Å²) >= 11 is 7.72. The molecule has 3 aromatic rings. The molecule has 1 aliphatic carbocycles. The van der Waals surface area contributed by atoms with Crippen LogP contribution in [-0.2, 0) is 4.79 Å². The van der Waals surface area contributed by atoms with E-state index in [1.54, 1.807) is 0 Å². The molecule has 0 saturated heterocycles. The quantitative estimate of drug-likeness (QED) is 0.355. The highest BCUT2D eigenvalue weighted by molar-refractivity contribution is 7.21. The van der Waals surface area contributed by atoms with E-state index in [4.69, 9.17) is 11.6 Å². The maximum Gasteiger partial charge on any atom is 0.283 e. The zero-order chi connectivity index (χ0) is 21.8. The second kappa shape index (κ2) is 9.62. The Balaban J connectivity index is 1.44. The van der Waals surface area contributed by atoms with Gasteiger partial charge < -0.3 is 5.32 Å². The van der Waals surface area contributed by atoms with Gasteiger partial charge in [-0.15, -0.1) is 11.3 Å². The lowest BCUT2D eigenvalue weighted by molar-refractivity contribution is -0.120. The minimum atomic E-state index is -0.340. The summed E-state index contributed by atoms with van der Waals surface area (Å²) in [4.78, 5) is 25.6. The zero-order valence-electron chi connectivity index (χ0n) is 17.3. The van der Waals surface area contributed by atoms with Crippen LogP contribution in [0.25, 0.3) is 10.1 Å². The average molecular weight is 454 g/mol. The molecule has 0 unspecified atom stereocenters. The number of fused-ring (bicyclic) bond motifs is 1. The first-order chi connectivity index (χ1) is 15.0. The zero-order valence-corrected chi connectivity index (χ0v) is 18.9. The van der Waals surface area contributed by atoms with Gasteiger partial charge in [0.05, 0.1) is 10.7 Å². The van der Waals surface area contributed by atoms with Gasteiger partial charge in [0, 0.05) is 21.7 Å². The van der Waals surface area contributed by atoms with Crippen LogP contribution in [0.1, 0.15) is 54.3 Å². The van der Waals surface area contributed by atoms with Crippen LogP contribution in [0.4, 0.5) is 5.69 Å². The fourth-order valence-corrected chi connectivity index (χ4v) is 5.25. The van der Waals surface area contributed by atoms with Crippen molar-refractivity contribution >= 4 is 56.2 Å². The van der Waals surface area contributed by atoms with E-state index in [2.05, 4.69) is 15.8 Å². The molecule has 0 radical (unpaired) electrons. The third kappa shape index (κ3) is 4.97. The van der Waals surface area contributed by atoms with Gasteiger partial charge in [-0.2, -0.15) is 5.10 Å². The molecule has 160 valence electrons. The molecule has 4 rings (SSSR count). The van der Waals surface area contributed by atoms with Crippen LogP contribution in [-0.4, -0.2) is 17.5 Å². The molecule has 1 aliphatic rings. The lowest BCUT2D eigenvalue weighted by atomic mass is 9.88. The summed E-state index contributed by atoms with van der Waals surface area (Å²) in [5.74, 6) is -0.163. The van der Waals surface area contributed by atoms with E-state index < -0.39 is 0 Å². The van der Waals surface area contributed by atoms with E-state index in [9.17, 15) is 9.59 Å². The number of nitrogens with zero attached hydrogens (tertiary/aromatic N) is 1. The number of rotatable bonds is 5. The van der Waals surface area contributed by atoms with Gasteiger partial charge in [0.2, 0.25) is 5.91 Å². The lowest BCUT2D eigenvalue weighted by Gasteiger charge is -2.20. The molecular weight excluding hydrogens is 430 g/mol. The maximum atomic E-state index is 12.6. The smallest absolute Gasteiger partial charge is 0.283 e. The molecule has 1 saturated carbocycles. The van der Waals surface area contributed by atoms with Crippen LogP contribution in [0, 0.1) is 5.92 Å². The number of amides is 2. The molecule has 7 heteroatoms. The Bertz CT molecular complexity index is 1150. The number of hydrogen-bond acceptors (Lipinski definition) is 4. The van der Waals surface area contributed by atoms with Crippen LogP contribution >= 0.6 is 22.9 Å². The van der Waals surface area contributed by atoms with Crippen molar-refractivity contribution in [2.75, 3.05) is 5.32 Å². The molecule has 1 heterocycles. The Morgan fingerprint density at radius 2 is 1.84 bits per heavy atom. The van der Waals surface area contributed by atoms with Crippen LogP contribution in [0.15, 0.2) is 53.6 Å². The van der Waals surface area contributed by atoms with E-state index in [0.29, 0.717) is 15.6 Å². The van der Waals surface area contributed by atoms with Crippen molar-refractivity contribution < 1.29 is 9.59 Å². The Hall–Kier alpha value is -2.70. The minimum Gasteiger partial charge on any atom is -0.326 e. The van der Waals surface area contributed by atoms with E-state index in [1.165, 1.54) is 17.8 Å². The maximum absolute atomic E-state index is 12.6. The Labute approximate surface area is 190 Å². The van der Waals surface area contributed by atoms with E-state index >= 15 is 0 Å². The topological polar surface area (TPSA) is 70.6 Å². The number of benzene rings is 2. The molecule has 2 aromatic carbocycles. The van der Waals surface area contributed by atoms with Gasteiger partial charge in [-0.3, -0.25) is 9.59 Å². The summed E-state index contributed by atoms with van der Waals surface area (Å²) in [5.41, 5.74) is 4.80. The number of hydrazone groups is 1. The first kappa shape index (κ1) is 21.5. The van der Waals surface area contributed by atoms with Gasteiger partial charge >= 0.3 is 0 Å². The van der Waals surface area contributed by atoms with Crippen molar-refractivity contribution in [2.45, 2.75) is 39.0 Å². The van der Waals surface area contributed by atoms with Crippen molar-refractivity contribution in [3.8, 4) is 0 Å². The van der Waals surface area contributed by atoms with Gasteiger partial charge in [-0.05, 0) is 43.5 Å². The minimum absolute atomic E-state index is 0.0825. The summed E-state index contributed by atoms with van der Waals surface area (Å²) in [5, 5.41) is 8.57. The Morgan fingerprint density at radius 1 is 1.06 bits per heavy atom. The third-order valence-corrected chi connectivity index (χ3v) is 7.26. The van der Waals surface area contributed by atoms with Crippen LogP contribution < -0.4 is 10.7 Å². The number of hydrogen-bond donors (Lipinski definition) is 2. The molecule has 1 aromatic heterocycles. The van der Waals surface area contributed by atoms with Crippen molar-refractivity contribution in [3.63, 3.8) is 0 Å². The van der Waals surface area contributed by atoms with Crippen molar-refractivity contribution in [1.29, 1.82) is 0 Å². The van der Waals surface area contributed by atoms with Crippen molar-refractivity contribution in [2.24, 2.45) is 11.0 Å². The molecule has 31 heavy (non-hydrogen) atoms. The van der Waals surface area contributed by atoms with Crippen LogP contribution in [0.3, 0.4) is 0 Å². The monoisotopic (exact) mass is 453 g/mol. The molecule has 5 nitrogen and oxygen atoms in total. The number of nitrogens with one attached hydrogen (secondary N) is 2. The van der Waals surface area contributed by atoms with Crippen molar-refractivity contribution in [3.05, 3.63) is 64.0 Å². The van der Waals surface area contributed by atoms with E-state index in [1.807, 2.05) is 55.5 Å². The Morgan fingerprint density at radius 3 is 2.61 bits per heavy atom. The molecule has 0 spiro atoms. The lowest BCUT2D eigenvalue weighted by Crippen LogP contribution is -2.24. The second-order valence-electron chi connectivity index (χ2n) is 7.78. The third-order valence-electron chi connectivity index (χ3n) is 5.59. The first-order valence-electron chi connectivity index (χ1n) is 10.5. The van der Waals surface area contributed by atoms with Gasteiger partial charge in [-0.25, -0.2) is 5.43 Å². The predicted molar refractivity (Wildman–Crippen MR) is 128 cm³/mol. The SMILES string of the molecule is C/C(=N/NC(=O)c1sc2ccccc2c1Cl)c1cccc(NC(=O)C2CCCCC2)c1. The predicted octanol–water partition coefficient (Wildman–Crippen LogP) is 6.23. The standard InChI is InChI=1S/C24H24ClN3O2S/c1-15(27-28-24(30)22-21(25)19-12-5-6-13-20(19)31-22)17-10-7-11-18(14-17)26-23(29)16-8-3-2-4-9-16/h5-7,10-14,16H,2-4,8-9H2,1H3,(H,26,29)(H,28,30)/b27-15-. The molecule has 2 amide bonds.